The van der Waals surface area contributed by atoms with Gasteiger partial charge in [0.1, 0.15) is 5.34 Å². The maximum absolute atomic E-state index is 12.7. The third kappa shape index (κ3) is 3.52. The van der Waals surface area contributed by atoms with Gasteiger partial charge in [0.05, 0.1) is 20.7 Å². The van der Waals surface area contributed by atoms with E-state index in [0.29, 0.717) is 6.42 Å². The van der Waals surface area contributed by atoms with E-state index in [0.717, 1.165) is 0 Å². The molecule has 17 heavy (non-hydrogen) atoms. The van der Waals surface area contributed by atoms with E-state index in [1.807, 2.05) is 0 Å². The van der Waals surface area contributed by atoms with Gasteiger partial charge in [0, 0.05) is 12.7 Å². The molecule has 1 aliphatic rings. The van der Waals surface area contributed by atoms with E-state index < -0.39 is 25.4 Å². The van der Waals surface area contributed by atoms with Crippen molar-refractivity contribution < 1.29 is 25.4 Å². The van der Waals surface area contributed by atoms with Crippen LogP contribution in [-0.2, 0) is 13.8 Å². The van der Waals surface area contributed by atoms with E-state index >= 15 is 0 Å². The topological polar surface area (TPSA) is 76.0 Å². The van der Waals surface area contributed by atoms with Crippen molar-refractivity contribution in [3.8, 4) is 0 Å². The van der Waals surface area contributed by atoms with E-state index in [2.05, 4.69) is 0 Å². The fourth-order valence-electron chi connectivity index (χ4n) is 1.90. The molecule has 0 aromatic heterocycles. The molecule has 4 atom stereocenters. The second-order valence-electron chi connectivity index (χ2n) is 4.79. The molecule has 1 rings (SSSR count). The highest BCUT2D eigenvalue weighted by atomic mass is 31.2. The fourth-order valence-corrected chi connectivity index (χ4v) is 4.19. The first-order valence-corrected chi connectivity index (χ1v) is 7.69. The Kier molecular flexibility index (Phi) is 4.61. The van der Waals surface area contributed by atoms with Crippen LogP contribution in [0.1, 0.15) is 28.6 Å². The van der Waals surface area contributed by atoms with Crippen LogP contribution in [-0.4, -0.2) is 47.6 Å². The maximum Gasteiger partial charge on any atom is 0.233 e. The van der Waals surface area contributed by atoms with Crippen molar-refractivity contribution in [1.29, 1.82) is 0 Å². The van der Waals surface area contributed by atoms with Gasteiger partial charge in [-0.3, -0.25) is 4.57 Å². The Hall–Kier alpha value is 0.0700. The molecule has 0 spiro atoms. The highest BCUT2D eigenvalue weighted by molar-refractivity contribution is 7.60. The van der Waals surface area contributed by atoms with Crippen molar-refractivity contribution in [3.63, 3.8) is 0 Å². The highest BCUT2D eigenvalue weighted by Gasteiger charge is 2.44. The molecule has 0 aromatic rings. The molecule has 2 N–H and O–H groups in total. The highest BCUT2D eigenvalue weighted by Crippen LogP contribution is 2.59. The quantitative estimate of drug-likeness (QED) is 0.713. The predicted octanol–water partition coefficient (Wildman–Crippen LogP) is 1.43. The molecule has 1 heterocycles. The van der Waals surface area contributed by atoms with Gasteiger partial charge < -0.3 is 19.5 Å². The Balaban J connectivity index is 2.81. The zero-order valence-corrected chi connectivity index (χ0v) is 11.5. The van der Waals surface area contributed by atoms with Gasteiger partial charge in [-0.2, -0.15) is 0 Å². The molecule has 0 saturated carbocycles. The fraction of sp³-hybridized carbons (Fsp3) is 1.00. The summed E-state index contributed by atoms with van der Waals surface area (Å²) in [4.78, 5) is 0. The summed E-state index contributed by atoms with van der Waals surface area (Å²) >= 11 is 0. The molecule has 0 amide bonds. The number of hydrogen-bond acceptors (Lipinski definition) is 5. The average molecular weight is 268 g/mol. The summed E-state index contributed by atoms with van der Waals surface area (Å²) in [5.74, 6) is -0.221. The molecule has 1 fully saturated rings. The largest absolute Gasteiger partial charge is 0.394 e. The summed E-state index contributed by atoms with van der Waals surface area (Å²) in [6, 6.07) is 0. The van der Waals surface area contributed by atoms with Crippen molar-refractivity contribution in [2.75, 3.05) is 26.0 Å². The number of hydrogen-bond donors (Lipinski definition) is 2. The number of rotatable bonds is 6. The Labute approximate surface area is 104 Å². The normalized spacial score (nSPS) is 34.4. The van der Waals surface area contributed by atoms with Crippen LogP contribution in [0, 0.1) is 5.92 Å². The number of aliphatic hydroxyl groups is 2. The predicted molar refractivity (Wildman–Crippen MR) is 65.3 cm³/mol. The van der Waals surface area contributed by atoms with Crippen LogP contribution in [0.3, 0.4) is 0 Å². The molecule has 0 aliphatic carbocycles. The van der Waals surface area contributed by atoms with Crippen LogP contribution < -0.4 is 0 Å². The monoisotopic (exact) mass is 268 g/mol. The third-order valence-electron chi connectivity index (χ3n) is 3.02. The minimum Gasteiger partial charge on any atom is -0.394 e. The lowest BCUT2D eigenvalue weighted by molar-refractivity contribution is 0.0422. The lowest BCUT2D eigenvalue weighted by Crippen LogP contribution is -2.29. The summed E-state index contributed by atoms with van der Waals surface area (Å²) in [6.07, 6.45) is 0.0344. The van der Waals surface area contributed by atoms with Crippen molar-refractivity contribution in [2.45, 2.75) is 38.6 Å². The van der Waals surface area contributed by atoms with E-state index in [1.54, 1.807) is 6.92 Å². The van der Waals surface area contributed by atoms with Crippen LogP contribution in [0.25, 0.3) is 0 Å². The van der Waals surface area contributed by atoms with Crippen molar-refractivity contribution in [1.82, 2.24) is 0 Å². The van der Waals surface area contributed by atoms with Gasteiger partial charge in [-0.1, -0.05) is 0 Å². The number of ether oxygens (including phenoxy) is 1. The Morgan fingerprint density at radius 1 is 1.65 bits per heavy atom. The molecule has 1 aliphatic heterocycles. The van der Waals surface area contributed by atoms with E-state index in [4.69, 9.17) is 10.6 Å². The van der Waals surface area contributed by atoms with Gasteiger partial charge in [0.25, 0.3) is 0 Å². The molecular weight excluding hydrogens is 243 g/mol. The third-order valence-corrected chi connectivity index (χ3v) is 6.31. The number of aliphatic hydroxyl groups excluding tert-OH is 1. The van der Waals surface area contributed by atoms with Crippen LogP contribution in [0.5, 0.6) is 0 Å². The van der Waals surface area contributed by atoms with Gasteiger partial charge in [0.15, 0.2) is 0 Å². The molecule has 1 saturated heterocycles. The van der Waals surface area contributed by atoms with Gasteiger partial charge in [-0.15, -0.1) is 0 Å². The van der Waals surface area contributed by atoms with Gasteiger partial charge in [-0.05, 0) is 33.1 Å². The van der Waals surface area contributed by atoms with E-state index in [-0.39, 0.29) is 25.3 Å². The summed E-state index contributed by atoms with van der Waals surface area (Å²) < 4.78 is 30.7. The first kappa shape index (κ1) is 13.5. The van der Waals surface area contributed by atoms with Crippen LogP contribution >= 0.6 is 7.37 Å². The molecule has 102 valence electrons. The van der Waals surface area contributed by atoms with Gasteiger partial charge in [0.2, 0.25) is 7.37 Å². The molecule has 2 unspecified atom stereocenters. The maximum atomic E-state index is 12.7. The van der Waals surface area contributed by atoms with Gasteiger partial charge >= 0.3 is 0 Å². The second-order valence-corrected chi connectivity index (χ2v) is 7.85. The van der Waals surface area contributed by atoms with Crippen molar-refractivity contribution >= 4 is 7.37 Å². The smallest absolute Gasteiger partial charge is 0.233 e. The van der Waals surface area contributed by atoms with Crippen molar-refractivity contribution in [2.24, 2.45) is 5.92 Å². The van der Waals surface area contributed by atoms with Crippen molar-refractivity contribution in [3.05, 3.63) is 0 Å². The second kappa shape index (κ2) is 5.81. The summed E-state index contributed by atoms with van der Waals surface area (Å²) in [6.45, 7) is 3.99. The first-order chi connectivity index (χ1) is 8.23. The first-order valence-electron chi connectivity index (χ1n) is 6.46. The minimum absolute atomic E-state index is 0.130. The summed E-state index contributed by atoms with van der Waals surface area (Å²) in [5, 5.41) is 17.8. The van der Waals surface area contributed by atoms with Crippen LogP contribution in [0.2, 0.25) is 0 Å². The Morgan fingerprint density at radius 3 is 2.76 bits per heavy atom. The zero-order chi connectivity index (χ0) is 14.0. The molecule has 5 nitrogen and oxygen atoms in total. The minimum atomic E-state index is -3.25. The molecule has 6 heteroatoms. The molecular formula is C11H23O5P. The lowest BCUT2D eigenvalue weighted by Gasteiger charge is -2.32. The van der Waals surface area contributed by atoms with Crippen LogP contribution in [0.15, 0.2) is 0 Å². The Morgan fingerprint density at radius 2 is 2.29 bits per heavy atom. The molecule has 0 aromatic carbocycles. The average Bonchev–Trinajstić information content (AvgIpc) is 2.57. The summed E-state index contributed by atoms with van der Waals surface area (Å²) in [7, 11) is -3.25. The standard InChI is InChI=1S/C11H23O5P/c1-4-16-17(14,11(2,3)13)8-9-5-6-15-10(9)7-12/h9-10,12-13H,4-8H2,1-3H3/t9-,10-,17?/m1/s1/i6T/t6?,9-,10-,17?. The van der Waals surface area contributed by atoms with E-state index in [1.165, 1.54) is 13.8 Å². The zero-order valence-electron chi connectivity index (χ0n) is 11.6. The summed E-state index contributed by atoms with van der Waals surface area (Å²) in [5.41, 5.74) is 0. The SMILES string of the molecule is [3H]C1C[C@H](CP(=O)(OCC)C(C)(C)O)[C@@H](CO)O1. The Bertz CT molecular complexity index is 317. The van der Waals surface area contributed by atoms with Gasteiger partial charge in [-0.25, -0.2) is 0 Å². The van der Waals surface area contributed by atoms with Crippen LogP contribution in [0.4, 0.5) is 0 Å². The van der Waals surface area contributed by atoms with E-state index in [9.17, 15) is 14.8 Å². The molecule has 0 bridgehead atoms. The molecule has 0 radical (unpaired) electrons. The lowest BCUT2D eigenvalue weighted by atomic mass is 10.1.